The maximum absolute atomic E-state index is 13.6. The van der Waals surface area contributed by atoms with Crippen LogP contribution in [0.25, 0.3) is 0 Å². The van der Waals surface area contributed by atoms with E-state index in [4.69, 9.17) is 4.74 Å². The lowest BCUT2D eigenvalue weighted by Gasteiger charge is -2.30. The number of hydrogen-bond donors (Lipinski definition) is 1. The molecule has 0 aromatic heterocycles. The van der Waals surface area contributed by atoms with Crippen molar-refractivity contribution in [2.45, 2.75) is 44.9 Å². The Hall–Kier alpha value is -1.00. The second-order valence-electron chi connectivity index (χ2n) is 4.96. The number of hydrogen-bond acceptors (Lipinski definition) is 2. The van der Waals surface area contributed by atoms with E-state index in [2.05, 4.69) is 5.32 Å². The van der Waals surface area contributed by atoms with Crippen molar-refractivity contribution in [3.63, 3.8) is 0 Å². The fraction of sp³-hybridized carbons (Fsp3) is 0.571. The average molecular weight is 255 g/mol. The van der Waals surface area contributed by atoms with Gasteiger partial charge in [-0.2, -0.15) is 0 Å². The van der Waals surface area contributed by atoms with E-state index in [9.17, 15) is 8.78 Å². The van der Waals surface area contributed by atoms with Crippen molar-refractivity contribution in [2.24, 2.45) is 0 Å². The molecule has 3 atom stereocenters. The second kappa shape index (κ2) is 5.76. The van der Waals surface area contributed by atoms with Crippen LogP contribution in [0, 0.1) is 11.6 Å². The Morgan fingerprint density at radius 1 is 1.39 bits per heavy atom. The third-order valence-electron chi connectivity index (χ3n) is 3.40. The summed E-state index contributed by atoms with van der Waals surface area (Å²) >= 11 is 0. The summed E-state index contributed by atoms with van der Waals surface area (Å²) in [4.78, 5) is 0. The van der Waals surface area contributed by atoms with Gasteiger partial charge in [0, 0.05) is 24.3 Å². The first-order valence-corrected chi connectivity index (χ1v) is 6.39. The summed E-state index contributed by atoms with van der Waals surface area (Å²) in [5, 5.41) is 3.35. The molecule has 2 rings (SSSR count). The maximum atomic E-state index is 13.6. The zero-order chi connectivity index (χ0) is 13.1. The number of halogens is 2. The molecule has 1 fully saturated rings. The molecule has 0 aliphatic carbocycles. The van der Waals surface area contributed by atoms with E-state index < -0.39 is 5.82 Å². The third kappa shape index (κ3) is 3.27. The molecule has 1 heterocycles. The van der Waals surface area contributed by atoms with Gasteiger partial charge in [0.2, 0.25) is 0 Å². The first kappa shape index (κ1) is 13.4. The van der Waals surface area contributed by atoms with Crippen molar-refractivity contribution >= 4 is 0 Å². The largest absolute Gasteiger partial charge is 0.378 e. The molecule has 1 aromatic carbocycles. The molecule has 3 unspecified atom stereocenters. The van der Waals surface area contributed by atoms with E-state index in [1.165, 1.54) is 12.1 Å². The van der Waals surface area contributed by atoms with Gasteiger partial charge >= 0.3 is 0 Å². The smallest absolute Gasteiger partial charge is 0.128 e. The van der Waals surface area contributed by atoms with Gasteiger partial charge in [0.15, 0.2) is 0 Å². The molecule has 1 aromatic rings. The minimum absolute atomic E-state index is 0.198. The Kier molecular flexibility index (Phi) is 4.30. The standard InChI is InChI=1S/C14H19F2NO/c1-9-7-12(5-6-18-9)17-10(2)13-8-11(15)3-4-14(13)16/h3-4,8-10,12,17H,5-7H2,1-2H3. The summed E-state index contributed by atoms with van der Waals surface area (Å²) in [5.41, 5.74) is 0.383. The van der Waals surface area contributed by atoms with Crippen LogP contribution in [0.2, 0.25) is 0 Å². The predicted molar refractivity (Wildman–Crippen MR) is 66.3 cm³/mol. The van der Waals surface area contributed by atoms with E-state index >= 15 is 0 Å². The second-order valence-corrected chi connectivity index (χ2v) is 4.96. The lowest BCUT2D eigenvalue weighted by atomic mass is 10.0. The van der Waals surface area contributed by atoms with E-state index in [1.54, 1.807) is 0 Å². The third-order valence-corrected chi connectivity index (χ3v) is 3.40. The highest BCUT2D eigenvalue weighted by Gasteiger charge is 2.22. The van der Waals surface area contributed by atoms with Crippen molar-refractivity contribution in [1.29, 1.82) is 0 Å². The van der Waals surface area contributed by atoms with Crippen LogP contribution in [0.15, 0.2) is 18.2 Å². The molecule has 1 aliphatic rings. The van der Waals surface area contributed by atoms with Crippen LogP contribution in [-0.2, 0) is 4.74 Å². The summed E-state index contributed by atoms with van der Waals surface area (Å²) in [6, 6.07) is 3.68. The van der Waals surface area contributed by atoms with Crippen LogP contribution < -0.4 is 5.32 Å². The molecule has 4 heteroatoms. The van der Waals surface area contributed by atoms with Crippen LogP contribution in [0.1, 0.15) is 38.3 Å². The highest BCUT2D eigenvalue weighted by Crippen LogP contribution is 2.21. The first-order valence-electron chi connectivity index (χ1n) is 6.39. The molecule has 0 radical (unpaired) electrons. The van der Waals surface area contributed by atoms with Gasteiger partial charge in [0.1, 0.15) is 11.6 Å². The number of rotatable bonds is 3. The van der Waals surface area contributed by atoms with Gasteiger partial charge in [-0.1, -0.05) is 0 Å². The Morgan fingerprint density at radius 3 is 2.89 bits per heavy atom. The Balaban J connectivity index is 2.02. The summed E-state index contributed by atoms with van der Waals surface area (Å²) < 4.78 is 32.2. The molecule has 0 amide bonds. The Morgan fingerprint density at radius 2 is 2.17 bits per heavy atom. The number of benzene rings is 1. The van der Waals surface area contributed by atoms with Crippen LogP contribution >= 0.6 is 0 Å². The zero-order valence-corrected chi connectivity index (χ0v) is 10.7. The fourth-order valence-corrected chi connectivity index (χ4v) is 2.44. The first-order chi connectivity index (χ1) is 8.56. The van der Waals surface area contributed by atoms with Crippen molar-refractivity contribution in [1.82, 2.24) is 5.32 Å². The molecule has 0 bridgehead atoms. The quantitative estimate of drug-likeness (QED) is 0.895. The van der Waals surface area contributed by atoms with Gasteiger partial charge in [-0.25, -0.2) is 8.78 Å². The number of nitrogens with one attached hydrogen (secondary N) is 1. The Bertz CT molecular complexity index is 411. The SMILES string of the molecule is CC1CC(NC(C)c2cc(F)ccc2F)CCO1. The molecule has 0 spiro atoms. The minimum Gasteiger partial charge on any atom is -0.378 e. The van der Waals surface area contributed by atoms with E-state index in [1.807, 2.05) is 13.8 Å². The van der Waals surface area contributed by atoms with Gasteiger partial charge < -0.3 is 10.1 Å². The predicted octanol–water partition coefficient (Wildman–Crippen LogP) is 3.18. The molecule has 1 saturated heterocycles. The molecule has 0 saturated carbocycles. The molecule has 2 nitrogen and oxygen atoms in total. The van der Waals surface area contributed by atoms with Crippen LogP contribution in [0.4, 0.5) is 8.78 Å². The molecule has 1 N–H and O–H groups in total. The van der Waals surface area contributed by atoms with Crippen LogP contribution in [0.5, 0.6) is 0 Å². The lowest BCUT2D eigenvalue weighted by Crippen LogP contribution is -2.39. The molecular formula is C14H19F2NO. The summed E-state index contributed by atoms with van der Waals surface area (Å²) in [6.07, 6.45) is 2.04. The fourth-order valence-electron chi connectivity index (χ4n) is 2.44. The van der Waals surface area contributed by atoms with Crippen molar-refractivity contribution < 1.29 is 13.5 Å². The van der Waals surface area contributed by atoms with Gasteiger partial charge in [0.25, 0.3) is 0 Å². The summed E-state index contributed by atoms with van der Waals surface area (Å²) in [5.74, 6) is -0.767. The zero-order valence-electron chi connectivity index (χ0n) is 10.7. The maximum Gasteiger partial charge on any atom is 0.128 e. The van der Waals surface area contributed by atoms with Crippen molar-refractivity contribution in [2.75, 3.05) is 6.61 Å². The van der Waals surface area contributed by atoms with Crippen molar-refractivity contribution in [3.8, 4) is 0 Å². The molecular weight excluding hydrogens is 236 g/mol. The van der Waals surface area contributed by atoms with Crippen molar-refractivity contribution in [3.05, 3.63) is 35.4 Å². The van der Waals surface area contributed by atoms with Gasteiger partial charge in [-0.15, -0.1) is 0 Å². The Labute approximate surface area is 106 Å². The minimum atomic E-state index is -0.402. The van der Waals surface area contributed by atoms with Crippen LogP contribution in [-0.4, -0.2) is 18.8 Å². The van der Waals surface area contributed by atoms with E-state index in [0.29, 0.717) is 11.6 Å². The lowest BCUT2D eigenvalue weighted by molar-refractivity contribution is 0.0115. The monoisotopic (exact) mass is 255 g/mol. The van der Waals surface area contributed by atoms with E-state index in [-0.39, 0.29) is 18.0 Å². The normalized spacial score (nSPS) is 26.0. The topological polar surface area (TPSA) is 21.3 Å². The summed E-state index contributed by atoms with van der Waals surface area (Å²) in [7, 11) is 0. The summed E-state index contributed by atoms with van der Waals surface area (Å²) in [6.45, 7) is 4.61. The van der Waals surface area contributed by atoms with E-state index in [0.717, 1.165) is 25.5 Å². The number of ether oxygens (including phenoxy) is 1. The highest BCUT2D eigenvalue weighted by atomic mass is 19.1. The molecule has 18 heavy (non-hydrogen) atoms. The van der Waals surface area contributed by atoms with Gasteiger partial charge in [-0.05, 0) is 44.9 Å². The molecule has 1 aliphatic heterocycles. The van der Waals surface area contributed by atoms with Crippen LogP contribution in [0.3, 0.4) is 0 Å². The van der Waals surface area contributed by atoms with Gasteiger partial charge in [0.05, 0.1) is 6.10 Å². The average Bonchev–Trinajstić information content (AvgIpc) is 2.32. The van der Waals surface area contributed by atoms with Gasteiger partial charge in [-0.3, -0.25) is 0 Å². The molecule has 100 valence electrons. The highest BCUT2D eigenvalue weighted by molar-refractivity contribution is 5.22.